The largest absolute Gasteiger partial charge is 0.326 e. The van der Waals surface area contributed by atoms with Crippen molar-refractivity contribution in [3.63, 3.8) is 0 Å². The molecule has 90 valence electrons. The molecule has 0 aliphatic heterocycles. The molecule has 0 saturated carbocycles. The second kappa shape index (κ2) is 5.36. The molecule has 1 rings (SSSR count). The molecule has 1 aromatic rings. The fourth-order valence-corrected chi connectivity index (χ4v) is 2.71. The third kappa shape index (κ3) is 4.70. The van der Waals surface area contributed by atoms with Crippen molar-refractivity contribution in [2.24, 2.45) is 5.73 Å². The fraction of sp³-hybridized carbons (Fsp3) is 0.400. The molecule has 6 heteroatoms. The third-order valence-electron chi connectivity index (χ3n) is 2.01. The minimum atomic E-state index is -3.07. The highest BCUT2D eigenvalue weighted by Crippen LogP contribution is 2.21. The van der Waals surface area contributed by atoms with Crippen molar-refractivity contribution >= 4 is 33.0 Å². The van der Waals surface area contributed by atoms with Crippen LogP contribution in [0.3, 0.4) is 0 Å². The van der Waals surface area contributed by atoms with E-state index in [4.69, 9.17) is 28.9 Å². The predicted molar refractivity (Wildman–Crippen MR) is 67.9 cm³/mol. The van der Waals surface area contributed by atoms with E-state index in [1.807, 2.05) is 0 Å². The van der Waals surface area contributed by atoms with Crippen molar-refractivity contribution in [1.82, 2.24) is 0 Å². The number of hydrogen-bond acceptors (Lipinski definition) is 3. The summed E-state index contributed by atoms with van der Waals surface area (Å²) in [5.74, 6) is -0.0597. The quantitative estimate of drug-likeness (QED) is 0.917. The summed E-state index contributed by atoms with van der Waals surface area (Å²) in [4.78, 5) is 0. The predicted octanol–water partition coefficient (Wildman–Crippen LogP) is 1.91. The van der Waals surface area contributed by atoms with Crippen LogP contribution in [-0.4, -0.2) is 26.5 Å². The summed E-state index contributed by atoms with van der Waals surface area (Å²) in [7, 11) is -3.07. The molecule has 0 amide bonds. The van der Waals surface area contributed by atoms with Gasteiger partial charge in [0.25, 0.3) is 0 Å². The molecular weight excluding hydrogens is 269 g/mol. The smallest absolute Gasteiger partial charge is 0.148 e. The maximum absolute atomic E-state index is 11.0. The molecule has 0 aliphatic carbocycles. The van der Waals surface area contributed by atoms with Gasteiger partial charge in [0.2, 0.25) is 0 Å². The Bertz CT molecular complexity index is 474. The lowest BCUT2D eigenvalue weighted by molar-refractivity contribution is 0.591. The molecule has 0 radical (unpaired) electrons. The summed E-state index contributed by atoms with van der Waals surface area (Å²) in [6, 6.07) is 4.58. The zero-order chi connectivity index (χ0) is 12.3. The first-order chi connectivity index (χ1) is 7.28. The number of rotatable bonds is 4. The molecule has 1 atom stereocenters. The lowest BCUT2D eigenvalue weighted by Crippen LogP contribution is -2.31. The molecule has 0 spiro atoms. The Hall–Kier alpha value is -0.290. The first-order valence-electron chi connectivity index (χ1n) is 4.65. The zero-order valence-corrected chi connectivity index (χ0v) is 11.1. The Kier molecular flexibility index (Phi) is 4.62. The molecule has 3 nitrogen and oxygen atoms in total. The van der Waals surface area contributed by atoms with Crippen LogP contribution in [-0.2, 0) is 16.3 Å². The molecule has 1 aromatic carbocycles. The highest BCUT2D eigenvalue weighted by Gasteiger charge is 2.13. The molecule has 16 heavy (non-hydrogen) atoms. The van der Waals surface area contributed by atoms with Crippen molar-refractivity contribution < 1.29 is 8.42 Å². The van der Waals surface area contributed by atoms with Gasteiger partial charge >= 0.3 is 0 Å². The van der Waals surface area contributed by atoms with E-state index in [2.05, 4.69) is 0 Å². The minimum Gasteiger partial charge on any atom is -0.326 e. The average Bonchev–Trinajstić information content (AvgIpc) is 2.08. The zero-order valence-electron chi connectivity index (χ0n) is 8.78. The van der Waals surface area contributed by atoms with Crippen molar-refractivity contribution in [2.75, 3.05) is 12.0 Å². The van der Waals surface area contributed by atoms with Gasteiger partial charge in [-0.15, -0.1) is 0 Å². The first-order valence-corrected chi connectivity index (χ1v) is 7.47. The van der Waals surface area contributed by atoms with E-state index < -0.39 is 15.9 Å². The molecular formula is C10H13Cl2NO2S. The Labute approximate surface area is 105 Å². The molecule has 0 fully saturated rings. The van der Waals surface area contributed by atoms with Crippen LogP contribution in [0.4, 0.5) is 0 Å². The summed E-state index contributed by atoms with van der Waals surface area (Å²) in [6.45, 7) is 0. The number of halogens is 2. The van der Waals surface area contributed by atoms with Gasteiger partial charge in [0.1, 0.15) is 9.84 Å². The number of hydrogen-bond donors (Lipinski definition) is 1. The molecule has 0 saturated heterocycles. The second-order valence-electron chi connectivity index (χ2n) is 3.79. The maximum atomic E-state index is 11.0. The van der Waals surface area contributed by atoms with Gasteiger partial charge in [-0.3, -0.25) is 0 Å². The summed E-state index contributed by atoms with van der Waals surface area (Å²) < 4.78 is 22.1. The average molecular weight is 282 g/mol. The van der Waals surface area contributed by atoms with E-state index in [0.29, 0.717) is 16.5 Å². The maximum Gasteiger partial charge on any atom is 0.148 e. The number of benzene rings is 1. The van der Waals surface area contributed by atoms with Crippen molar-refractivity contribution in [3.8, 4) is 0 Å². The molecule has 0 aliphatic rings. The van der Waals surface area contributed by atoms with Gasteiger partial charge in [0, 0.05) is 22.3 Å². The molecule has 0 aromatic heterocycles. The van der Waals surface area contributed by atoms with Gasteiger partial charge in [-0.2, -0.15) is 0 Å². The van der Waals surface area contributed by atoms with Crippen LogP contribution in [0.1, 0.15) is 5.56 Å². The SMILES string of the molecule is CS(=O)(=O)CC(N)Cc1cc(Cl)ccc1Cl. The standard InChI is InChI=1S/C10H13Cl2NO2S/c1-16(14,15)6-9(13)5-7-4-8(11)2-3-10(7)12/h2-4,9H,5-6,13H2,1H3. The Balaban J connectivity index is 2.77. The molecule has 1 unspecified atom stereocenters. The summed E-state index contributed by atoms with van der Waals surface area (Å²) in [5.41, 5.74) is 6.50. The van der Waals surface area contributed by atoms with Crippen LogP contribution in [0.2, 0.25) is 10.0 Å². The van der Waals surface area contributed by atoms with Crippen LogP contribution >= 0.6 is 23.2 Å². The molecule has 2 N–H and O–H groups in total. The van der Waals surface area contributed by atoms with E-state index in [9.17, 15) is 8.42 Å². The van der Waals surface area contributed by atoms with E-state index in [1.165, 1.54) is 0 Å². The fourth-order valence-electron chi connectivity index (χ4n) is 1.43. The number of sulfone groups is 1. The normalized spacial score (nSPS) is 13.8. The molecule has 0 heterocycles. The second-order valence-corrected chi connectivity index (χ2v) is 6.82. The van der Waals surface area contributed by atoms with Crippen molar-refractivity contribution in [3.05, 3.63) is 33.8 Å². The van der Waals surface area contributed by atoms with E-state index in [1.54, 1.807) is 18.2 Å². The van der Waals surface area contributed by atoms with Crippen LogP contribution in [0, 0.1) is 0 Å². The number of nitrogens with two attached hydrogens (primary N) is 1. The van der Waals surface area contributed by atoms with E-state index in [-0.39, 0.29) is 5.75 Å². The van der Waals surface area contributed by atoms with Gasteiger partial charge < -0.3 is 5.73 Å². The summed E-state index contributed by atoms with van der Waals surface area (Å²) >= 11 is 11.8. The third-order valence-corrected chi connectivity index (χ3v) is 3.64. The van der Waals surface area contributed by atoms with Crippen LogP contribution < -0.4 is 5.73 Å². The van der Waals surface area contributed by atoms with E-state index >= 15 is 0 Å². The van der Waals surface area contributed by atoms with Crippen molar-refractivity contribution in [1.29, 1.82) is 0 Å². The first kappa shape index (κ1) is 13.8. The van der Waals surface area contributed by atoms with Gasteiger partial charge in [-0.1, -0.05) is 23.2 Å². The lowest BCUT2D eigenvalue weighted by atomic mass is 10.1. The van der Waals surface area contributed by atoms with Gasteiger partial charge in [-0.05, 0) is 30.2 Å². The van der Waals surface area contributed by atoms with Gasteiger partial charge in [-0.25, -0.2) is 8.42 Å². The highest BCUT2D eigenvalue weighted by atomic mass is 35.5. The Morgan fingerprint density at radius 2 is 2.00 bits per heavy atom. The molecule has 0 bridgehead atoms. The van der Waals surface area contributed by atoms with Gasteiger partial charge in [0.15, 0.2) is 0 Å². The topological polar surface area (TPSA) is 60.2 Å². The lowest BCUT2D eigenvalue weighted by Gasteiger charge is -2.11. The minimum absolute atomic E-state index is 0.0597. The monoisotopic (exact) mass is 281 g/mol. The van der Waals surface area contributed by atoms with Gasteiger partial charge in [0.05, 0.1) is 5.75 Å². The van der Waals surface area contributed by atoms with Crippen molar-refractivity contribution in [2.45, 2.75) is 12.5 Å². The Morgan fingerprint density at radius 3 is 2.56 bits per heavy atom. The van der Waals surface area contributed by atoms with Crippen LogP contribution in [0.15, 0.2) is 18.2 Å². The van der Waals surface area contributed by atoms with E-state index in [0.717, 1.165) is 11.8 Å². The summed E-state index contributed by atoms with van der Waals surface area (Å²) in [6.07, 6.45) is 1.55. The summed E-state index contributed by atoms with van der Waals surface area (Å²) in [5, 5.41) is 1.11. The van der Waals surface area contributed by atoms with Crippen LogP contribution in [0.5, 0.6) is 0 Å². The van der Waals surface area contributed by atoms with Crippen LogP contribution in [0.25, 0.3) is 0 Å². The highest BCUT2D eigenvalue weighted by molar-refractivity contribution is 7.90. The Morgan fingerprint density at radius 1 is 1.38 bits per heavy atom.